The first-order valence-corrected chi connectivity index (χ1v) is 6.32. The Morgan fingerprint density at radius 3 is 2.71 bits per heavy atom. The zero-order valence-corrected chi connectivity index (χ0v) is 9.96. The molecule has 5 nitrogen and oxygen atoms in total. The molecule has 92 valence electrons. The van der Waals surface area contributed by atoms with E-state index < -0.39 is 5.97 Å². The lowest BCUT2D eigenvalue weighted by Gasteiger charge is -2.16. The standard InChI is InChI=1S/C12H17N3O2/c1-7-13-14-11(15(7)8-5-6-8)9-3-2-4-10(9)12(16)17/h8-10H,2-6H2,1H3,(H,16,17). The Morgan fingerprint density at radius 1 is 1.29 bits per heavy atom. The molecule has 1 aromatic rings. The zero-order chi connectivity index (χ0) is 12.0. The van der Waals surface area contributed by atoms with Crippen molar-refractivity contribution in [3.05, 3.63) is 11.6 Å². The van der Waals surface area contributed by atoms with Crippen LogP contribution in [0.4, 0.5) is 0 Å². The quantitative estimate of drug-likeness (QED) is 0.868. The molecule has 5 heteroatoms. The summed E-state index contributed by atoms with van der Waals surface area (Å²) in [7, 11) is 0. The minimum absolute atomic E-state index is 0.0642. The molecule has 1 N–H and O–H groups in total. The average Bonchev–Trinajstić information content (AvgIpc) is 2.87. The lowest BCUT2D eigenvalue weighted by Crippen LogP contribution is -2.20. The number of aliphatic carboxylic acids is 1. The van der Waals surface area contributed by atoms with Gasteiger partial charge in [-0.05, 0) is 32.6 Å². The maximum Gasteiger partial charge on any atom is 0.307 e. The largest absolute Gasteiger partial charge is 0.481 e. The summed E-state index contributed by atoms with van der Waals surface area (Å²) >= 11 is 0. The van der Waals surface area contributed by atoms with Crippen molar-refractivity contribution in [1.29, 1.82) is 0 Å². The maximum atomic E-state index is 11.2. The number of carboxylic acid groups (broad SMARTS) is 1. The van der Waals surface area contributed by atoms with Crippen molar-refractivity contribution in [2.75, 3.05) is 0 Å². The summed E-state index contributed by atoms with van der Waals surface area (Å²) < 4.78 is 2.17. The van der Waals surface area contributed by atoms with Crippen LogP contribution in [-0.2, 0) is 4.79 Å². The van der Waals surface area contributed by atoms with Crippen molar-refractivity contribution < 1.29 is 9.90 Å². The van der Waals surface area contributed by atoms with E-state index in [4.69, 9.17) is 0 Å². The molecule has 3 rings (SSSR count). The highest BCUT2D eigenvalue weighted by molar-refractivity contribution is 5.71. The molecule has 17 heavy (non-hydrogen) atoms. The minimum Gasteiger partial charge on any atom is -0.481 e. The van der Waals surface area contributed by atoms with Crippen molar-refractivity contribution >= 4 is 5.97 Å². The summed E-state index contributed by atoms with van der Waals surface area (Å²) in [6.07, 6.45) is 5.04. The second kappa shape index (κ2) is 3.82. The lowest BCUT2D eigenvalue weighted by molar-refractivity contribution is -0.142. The highest BCUT2D eigenvalue weighted by atomic mass is 16.4. The van der Waals surface area contributed by atoms with Crippen molar-refractivity contribution in [2.45, 2.75) is 51.0 Å². The summed E-state index contributed by atoms with van der Waals surface area (Å²) in [6.45, 7) is 1.96. The number of nitrogens with zero attached hydrogens (tertiary/aromatic N) is 3. The SMILES string of the molecule is Cc1nnc(C2CCCC2C(=O)O)n1C1CC1. The Labute approximate surface area is 99.9 Å². The summed E-state index contributed by atoms with van der Waals surface area (Å²) in [5.41, 5.74) is 0. The molecule has 0 radical (unpaired) electrons. The van der Waals surface area contributed by atoms with Crippen LogP contribution in [0.15, 0.2) is 0 Å². The van der Waals surface area contributed by atoms with Crippen LogP contribution in [-0.4, -0.2) is 25.8 Å². The van der Waals surface area contributed by atoms with Gasteiger partial charge in [-0.25, -0.2) is 0 Å². The van der Waals surface area contributed by atoms with Gasteiger partial charge in [0, 0.05) is 12.0 Å². The molecule has 1 heterocycles. The van der Waals surface area contributed by atoms with Gasteiger partial charge in [-0.3, -0.25) is 4.79 Å². The fourth-order valence-corrected chi connectivity index (χ4v) is 2.99. The van der Waals surface area contributed by atoms with E-state index in [9.17, 15) is 9.90 Å². The third kappa shape index (κ3) is 1.73. The molecule has 2 aliphatic carbocycles. The Morgan fingerprint density at radius 2 is 2.06 bits per heavy atom. The monoisotopic (exact) mass is 235 g/mol. The number of aromatic nitrogens is 3. The summed E-state index contributed by atoms with van der Waals surface area (Å²) in [6, 6.07) is 0.523. The molecule has 0 spiro atoms. The summed E-state index contributed by atoms with van der Waals surface area (Å²) in [5.74, 6) is 0.953. The maximum absolute atomic E-state index is 11.2. The van der Waals surface area contributed by atoms with Crippen LogP contribution in [0, 0.1) is 12.8 Å². The fourth-order valence-electron chi connectivity index (χ4n) is 2.99. The Balaban J connectivity index is 1.95. The van der Waals surface area contributed by atoms with Crippen molar-refractivity contribution in [2.24, 2.45) is 5.92 Å². The van der Waals surface area contributed by atoms with Gasteiger partial charge in [-0.2, -0.15) is 0 Å². The number of hydrogen-bond donors (Lipinski definition) is 1. The highest BCUT2D eigenvalue weighted by Crippen LogP contribution is 2.43. The molecule has 2 aliphatic rings. The molecule has 2 fully saturated rings. The van der Waals surface area contributed by atoms with Gasteiger partial charge in [0.05, 0.1) is 5.92 Å². The van der Waals surface area contributed by atoms with E-state index in [0.29, 0.717) is 6.04 Å². The molecule has 0 aromatic carbocycles. The van der Waals surface area contributed by atoms with Gasteiger partial charge in [-0.15, -0.1) is 10.2 Å². The smallest absolute Gasteiger partial charge is 0.307 e. The number of carboxylic acids is 1. The number of rotatable bonds is 3. The van der Waals surface area contributed by atoms with E-state index in [0.717, 1.165) is 30.9 Å². The first-order valence-electron chi connectivity index (χ1n) is 6.32. The number of aryl methyl sites for hydroxylation is 1. The molecule has 2 atom stereocenters. The molecule has 0 saturated heterocycles. The molecule has 1 aromatic heterocycles. The van der Waals surface area contributed by atoms with Crippen molar-refractivity contribution in [3.63, 3.8) is 0 Å². The van der Waals surface area contributed by atoms with Gasteiger partial charge in [0.1, 0.15) is 11.6 Å². The lowest BCUT2D eigenvalue weighted by atomic mass is 9.95. The molecular weight excluding hydrogens is 218 g/mol. The molecule has 0 aliphatic heterocycles. The normalized spacial score (nSPS) is 28.5. The zero-order valence-electron chi connectivity index (χ0n) is 9.96. The van der Waals surface area contributed by atoms with Gasteiger partial charge in [0.15, 0.2) is 0 Å². The van der Waals surface area contributed by atoms with Gasteiger partial charge in [-0.1, -0.05) is 6.42 Å². The summed E-state index contributed by atoms with van der Waals surface area (Å²) in [5, 5.41) is 17.6. The minimum atomic E-state index is -0.685. The van der Waals surface area contributed by atoms with E-state index in [1.807, 2.05) is 6.92 Å². The van der Waals surface area contributed by atoms with E-state index in [1.165, 1.54) is 12.8 Å². The van der Waals surface area contributed by atoms with Gasteiger partial charge >= 0.3 is 5.97 Å². The Bertz CT molecular complexity index is 451. The average molecular weight is 235 g/mol. The summed E-state index contributed by atoms with van der Waals surface area (Å²) in [4.78, 5) is 11.2. The number of hydrogen-bond acceptors (Lipinski definition) is 3. The first kappa shape index (κ1) is 10.7. The van der Waals surface area contributed by atoms with Crippen LogP contribution in [0.5, 0.6) is 0 Å². The van der Waals surface area contributed by atoms with E-state index in [-0.39, 0.29) is 11.8 Å². The van der Waals surface area contributed by atoms with Gasteiger partial charge in [0.2, 0.25) is 0 Å². The third-order valence-corrected chi connectivity index (χ3v) is 3.97. The molecular formula is C12H17N3O2. The van der Waals surface area contributed by atoms with Crippen LogP contribution in [0.3, 0.4) is 0 Å². The highest BCUT2D eigenvalue weighted by Gasteiger charge is 2.39. The second-order valence-electron chi connectivity index (χ2n) is 5.19. The van der Waals surface area contributed by atoms with Crippen LogP contribution >= 0.6 is 0 Å². The number of carbonyl (C=O) groups is 1. The Kier molecular flexibility index (Phi) is 2.42. The van der Waals surface area contributed by atoms with E-state index in [2.05, 4.69) is 14.8 Å². The van der Waals surface area contributed by atoms with E-state index in [1.54, 1.807) is 0 Å². The predicted molar refractivity (Wildman–Crippen MR) is 60.7 cm³/mol. The Hall–Kier alpha value is -1.39. The van der Waals surface area contributed by atoms with Crippen LogP contribution < -0.4 is 0 Å². The molecule has 0 bridgehead atoms. The molecule has 2 saturated carbocycles. The van der Waals surface area contributed by atoms with E-state index >= 15 is 0 Å². The predicted octanol–water partition coefficient (Wildman–Crippen LogP) is 1.89. The fraction of sp³-hybridized carbons (Fsp3) is 0.750. The third-order valence-electron chi connectivity index (χ3n) is 3.97. The van der Waals surface area contributed by atoms with Crippen LogP contribution in [0.1, 0.15) is 55.7 Å². The van der Waals surface area contributed by atoms with Gasteiger partial charge in [0.25, 0.3) is 0 Å². The van der Waals surface area contributed by atoms with Crippen molar-refractivity contribution in [3.8, 4) is 0 Å². The van der Waals surface area contributed by atoms with Gasteiger partial charge < -0.3 is 9.67 Å². The van der Waals surface area contributed by atoms with Crippen LogP contribution in [0.25, 0.3) is 0 Å². The van der Waals surface area contributed by atoms with Crippen LogP contribution in [0.2, 0.25) is 0 Å². The molecule has 2 unspecified atom stereocenters. The topological polar surface area (TPSA) is 68.0 Å². The van der Waals surface area contributed by atoms with Crippen molar-refractivity contribution in [1.82, 2.24) is 14.8 Å². The second-order valence-corrected chi connectivity index (χ2v) is 5.19. The molecule has 0 amide bonds. The first-order chi connectivity index (χ1) is 8.18.